The van der Waals surface area contributed by atoms with Crippen LogP contribution < -0.4 is 5.32 Å². The Morgan fingerprint density at radius 1 is 1.21 bits per heavy atom. The number of hydrogen-bond donors (Lipinski definition) is 1. The van der Waals surface area contributed by atoms with Crippen LogP contribution in [0.2, 0.25) is 0 Å². The maximum atomic E-state index is 12.4. The number of hydrogen-bond acceptors (Lipinski definition) is 6. The Morgan fingerprint density at radius 2 is 1.79 bits per heavy atom. The molecule has 24 heavy (non-hydrogen) atoms. The first-order valence-corrected chi connectivity index (χ1v) is 11.9. The molecule has 0 spiro atoms. The third kappa shape index (κ3) is 3.36. The minimum atomic E-state index is 0.143. The van der Waals surface area contributed by atoms with E-state index in [1.165, 1.54) is 50.3 Å². The summed E-state index contributed by atoms with van der Waals surface area (Å²) in [6.45, 7) is 2.24. The lowest BCUT2D eigenvalue weighted by Gasteiger charge is -2.59. The first-order valence-electron chi connectivity index (χ1n) is 8.86. The van der Waals surface area contributed by atoms with E-state index < -0.39 is 0 Å². The molecule has 4 fully saturated rings. The van der Waals surface area contributed by atoms with Crippen LogP contribution in [-0.2, 0) is 4.79 Å². The molecule has 1 heterocycles. The third-order valence-electron chi connectivity index (χ3n) is 6.27. The molecule has 1 aromatic rings. The van der Waals surface area contributed by atoms with E-state index in [2.05, 4.69) is 22.4 Å². The van der Waals surface area contributed by atoms with Crippen molar-refractivity contribution in [3.05, 3.63) is 0 Å². The number of nitrogens with zero attached hydrogens (tertiary/aromatic N) is 2. The largest absolute Gasteiger partial charge is 0.352 e. The number of amides is 1. The van der Waals surface area contributed by atoms with Crippen molar-refractivity contribution in [3.63, 3.8) is 0 Å². The summed E-state index contributed by atoms with van der Waals surface area (Å²) in [5, 5.41) is 11.5. The van der Waals surface area contributed by atoms with Gasteiger partial charge < -0.3 is 5.32 Å². The lowest BCUT2D eigenvalue weighted by atomic mass is 9.48. The second kappa shape index (κ2) is 6.80. The van der Waals surface area contributed by atoms with Crippen LogP contribution in [-0.4, -0.2) is 34.2 Å². The van der Waals surface area contributed by atoms with Crippen molar-refractivity contribution >= 4 is 40.8 Å². The summed E-state index contributed by atoms with van der Waals surface area (Å²) in [6, 6.07) is 0.301. The van der Waals surface area contributed by atoms with Gasteiger partial charge in [0.05, 0.1) is 5.75 Å². The topological polar surface area (TPSA) is 54.9 Å². The van der Waals surface area contributed by atoms with Gasteiger partial charge in [-0.1, -0.05) is 34.9 Å². The molecule has 132 valence electrons. The Labute approximate surface area is 156 Å². The van der Waals surface area contributed by atoms with E-state index in [9.17, 15) is 4.79 Å². The van der Waals surface area contributed by atoms with Crippen LogP contribution in [0, 0.1) is 23.2 Å². The number of carbonyl (C=O) groups is 1. The fourth-order valence-electron chi connectivity index (χ4n) is 5.61. The van der Waals surface area contributed by atoms with Crippen molar-refractivity contribution in [2.24, 2.45) is 23.2 Å². The van der Waals surface area contributed by atoms with Gasteiger partial charge in [0.25, 0.3) is 0 Å². The normalized spacial score (nSPS) is 35.2. The number of rotatable bonds is 6. The smallest absolute Gasteiger partial charge is 0.230 e. The van der Waals surface area contributed by atoms with Gasteiger partial charge in [0.1, 0.15) is 0 Å². The van der Waals surface area contributed by atoms with Crippen molar-refractivity contribution in [2.75, 3.05) is 12.0 Å². The van der Waals surface area contributed by atoms with Crippen LogP contribution in [0.5, 0.6) is 0 Å². The Kier molecular flexibility index (Phi) is 4.86. The highest BCUT2D eigenvalue weighted by atomic mass is 32.2. The van der Waals surface area contributed by atoms with Gasteiger partial charge >= 0.3 is 0 Å². The van der Waals surface area contributed by atoms with E-state index in [1.807, 2.05) is 6.26 Å². The highest BCUT2D eigenvalue weighted by Gasteiger charge is 2.53. The maximum absolute atomic E-state index is 12.4. The number of aromatic nitrogens is 2. The molecule has 0 radical (unpaired) electrons. The average Bonchev–Trinajstić information content (AvgIpc) is 2.99. The Hall–Kier alpha value is -0.270. The first kappa shape index (κ1) is 17.2. The SMILES string of the molecule is CSc1nnc(SCC(=O)NC(C)C23CC4CC(CC(C4)C2)C3)s1. The lowest BCUT2D eigenvalue weighted by molar-refractivity contribution is -0.123. The van der Waals surface area contributed by atoms with E-state index in [0.717, 1.165) is 26.4 Å². The summed E-state index contributed by atoms with van der Waals surface area (Å²) < 4.78 is 1.84. The molecule has 1 unspecified atom stereocenters. The fraction of sp³-hybridized carbons (Fsp3) is 0.824. The second-order valence-electron chi connectivity index (χ2n) is 7.90. The molecule has 0 aromatic carbocycles. The molecule has 4 bridgehead atoms. The van der Waals surface area contributed by atoms with E-state index in [1.54, 1.807) is 23.1 Å². The van der Waals surface area contributed by atoms with Gasteiger partial charge in [-0.3, -0.25) is 4.79 Å². The molecule has 1 amide bonds. The fourth-order valence-corrected chi connectivity index (χ4v) is 7.86. The van der Waals surface area contributed by atoms with Gasteiger partial charge in [-0.25, -0.2) is 0 Å². The molecule has 4 nitrogen and oxygen atoms in total. The lowest BCUT2D eigenvalue weighted by Crippen LogP contribution is -2.56. The minimum Gasteiger partial charge on any atom is -0.352 e. The van der Waals surface area contributed by atoms with Gasteiger partial charge in [-0.05, 0) is 74.9 Å². The van der Waals surface area contributed by atoms with Gasteiger partial charge in [0.2, 0.25) is 5.91 Å². The molecular formula is C17H25N3OS3. The molecule has 1 atom stereocenters. The van der Waals surface area contributed by atoms with Crippen molar-refractivity contribution < 1.29 is 4.79 Å². The van der Waals surface area contributed by atoms with Crippen LogP contribution in [0.4, 0.5) is 0 Å². The van der Waals surface area contributed by atoms with Gasteiger partial charge in [0, 0.05) is 6.04 Å². The number of thioether (sulfide) groups is 2. The molecule has 1 aromatic heterocycles. The zero-order chi connectivity index (χ0) is 16.7. The van der Waals surface area contributed by atoms with Crippen LogP contribution in [0.15, 0.2) is 8.68 Å². The molecule has 5 rings (SSSR count). The second-order valence-corrected chi connectivity index (χ2v) is 11.1. The van der Waals surface area contributed by atoms with Crippen molar-refractivity contribution in [1.29, 1.82) is 0 Å². The van der Waals surface area contributed by atoms with Crippen LogP contribution in [0.25, 0.3) is 0 Å². The highest BCUT2D eigenvalue weighted by Crippen LogP contribution is 2.61. The molecule has 4 aliphatic rings. The maximum Gasteiger partial charge on any atom is 0.230 e. The Morgan fingerprint density at radius 3 is 2.33 bits per heavy atom. The predicted octanol–water partition coefficient (Wildman–Crippen LogP) is 4.07. The molecule has 1 N–H and O–H groups in total. The van der Waals surface area contributed by atoms with Gasteiger partial charge in [-0.2, -0.15) is 0 Å². The summed E-state index contributed by atoms with van der Waals surface area (Å²) in [5.74, 6) is 3.37. The number of nitrogens with one attached hydrogen (secondary N) is 1. The average molecular weight is 384 g/mol. The Balaban J connectivity index is 1.32. The van der Waals surface area contributed by atoms with E-state index in [0.29, 0.717) is 17.2 Å². The monoisotopic (exact) mass is 383 g/mol. The van der Waals surface area contributed by atoms with Gasteiger partial charge in [0.15, 0.2) is 8.68 Å². The van der Waals surface area contributed by atoms with Gasteiger partial charge in [-0.15, -0.1) is 10.2 Å². The van der Waals surface area contributed by atoms with Crippen LogP contribution >= 0.6 is 34.9 Å². The first-order chi connectivity index (χ1) is 11.6. The zero-order valence-corrected chi connectivity index (χ0v) is 16.7. The van der Waals surface area contributed by atoms with E-state index in [-0.39, 0.29) is 5.91 Å². The summed E-state index contributed by atoms with van der Waals surface area (Å²) in [7, 11) is 0. The van der Waals surface area contributed by atoms with Crippen LogP contribution in [0.3, 0.4) is 0 Å². The standard InChI is InChI=1S/C17H25N3OS3/c1-10(17-6-11-3-12(7-17)5-13(4-11)8-17)18-14(21)9-23-16-20-19-15(22-2)24-16/h10-13H,3-9H2,1-2H3,(H,18,21). The van der Waals surface area contributed by atoms with Crippen LogP contribution in [0.1, 0.15) is 45.4 Å². The summed E-state index contributed by atoms with van der Waals surface area (Å²) in [6.07, 6.45) is 10.3. The van der Waals surface area contributed by atoms with E-state index in [4.69, 9.17) is 0 Å². The Bertz CT molecular complexity index is 583. The zero-order valence-electron chi connectivity index (χ0n) is 14.3. The number of carbonyl (C=O) groups excluding carboxylic acids is 1. The predicted molar refractivity (Wildman–Crippen MR) is 101 cm³/mol. The molecule has 4 saturated carbocycles. The summed E-state index contributed by atoms with van der Waals surface area (Å²) in [4.78, 5) is 12.4. The summed E-state index contributed by atoms with van der Waals surface area (Å²) >= 11 is 4.67. The highest BCUT2D eigenvalue weighted by molar-refractivity contribution is 8.03. The molecule has 0 aliphatic heterocycles. The minimum absolute atomic E-state index is 0.143. The summed E-state index contributed by atoms with van der Waals surface area (Å²) in [5.41, 5.74) is 0.379. The quantitative estimate of drug-likeness (QED) is 0.750. The molecular weight excluding hydrogens is 358 g/mol. The molecule has 4 aliphatic carbocycles. The molecule has 7 heteroatoms. The van der Waals surface area contributed by atoms with Crippen molar-refractivity contribution in [3.8, 4) is 0 Å². The van der Waals surface area contributed by atoms with Crippen molar-refractivity contribution in [2.45, 2.75) is 60.2 Å². The molecule has 0 saturated heterocycles. The van der Waals surface area contributed by atoms with Crippen molar-refractivity contribution in [1.82, 2.24) is 15.5 Å². The third-order valence-corrected chi connectivity index (χ3v) is 9.30. The van der Waals surface area contributed by atoms with E-state index >= 15 is 0 Å².